The Hall–Kier alpha value is -2.42. The van der Waals surface area contributed by atoms with E-state index in [1.54, 1.807) is 16.5 Å². The Kier molecular flexibility index (Phi) is 6.21. The first kappa shape index (κ1) is 18.4. The highest BCUT2D eigenvalue weighted by Crippen LogP contribution is 2.22. The lowest BCUT2D eigenvalue weighted by atomic mass is 9.97. The number of rotatable bonds is 6. The van der Waals surface area contributed by atoms with Gasteiger partial charge in [-0.25, -0.2) is 0 Å². The molecule has 0 radical (unpaired) electrons. The van der Waals surface area contributed by atoms with Crippen LogP contribution in [0.5, 0.6) is 0 Å². The van der Waals surface area contributed by atoms with Gasteiger partial charge in [0.05, 0.1) is 24.0 Å². The summed E-state index contributed by atoms with van der Waals surface area (Å²) >= 11 is 1.31. The summed E-state index contributed by atoms with van der Waals surface area (Å²) in [7, 11) is 0. The molecule has 1 fully saturated rings. The standard InChI is InChI=1S/C17H21N5O3S/c1-2-25-16(24)13-8-10-21(11-9-13)15(23)12-26-17-18-19-20-22(17)14-6-4-3-5-7-14/h3-7,13H,2,8-12H2,1H3. The molecule has 2 aromatic rings. The average molecular weight is 375 g/mol. The Bertz CT molecular complexity index is 744. The van der Waals surface area contributed by atoms with Crippen molar-refractivity contribution in [3.05, 3.63) is 30.3 Å². The minimum absolute atomic E-state index is 0.0277. The number of carbonyl (C=O) groups excluding carboxylic acids is 2. The van der Waals surface area contributed by atoms with E-state index in [-0.39, 0.29) is 23.5 Å². The number of amides is 1. The van der Waals surface area contributed by atoms with Gasteiger partial charge in [-0.05, 0) is 42.3 Å². The van der Waals surface area contributed by atoms with Crippen molar-refractivity contribution < 1.29 is 14.3 Å². The summed E-state index contributed by atoms with van der Waals surface area (Å²) in [6, 6.07) is 9.55. The number of para-hydroxylation sites is 1. The number of hydrogen-bond donors (Lipinski definition) is 0. The fraction of sp³-hybridized carbons (Fsp3) is 0.471. The number of carbonyl (C=O) groups is 2. The molecule has 0 saturated carbocycles. The average Bonchev–Trinajstić information content (AvgIpc) is 3.16. The molecule has 138 valence electrons. The zero-order valence-electron chi connectivity index (χ0n) is 14.6. The van der Waals surface area contributed by atoms with Crippen molar-refractivity contribution in [1.82, 2.24) is 25.1 Å². The van der Waals surface area contributed by atoms with Crippen molar-refractivity contribution in [3.8, 4) is 5.69 Å². The summed E-state index contributed by atoms with van der Waals surface area (Å²) in [6.07, 6.45) is 1.30. The van der Waals surface area contributed by atoms with Crippen LogP contribution < -0.4 is 0 Å². The van der Waals surface area contributed by atoms with E-state index in [2.05, 4.69) is 15.5 Å². The first-order chi connectivity index (χ1) is 12.7. The van der Waals surface area contributed by atoms with Crippen molar-refractivity contribution >= 4 is 23.6 Å². The van der Waals surface area contributed by atoms with Gasteiger partial charge in [-0.2, -0.15) is 4.68 Å². The quantitative estimate of drug-likeness (QED) is 0.559. The highest BCUT2D eigenvalue weighted by Gasteiger charge is 2.28. The first-order valence-electron chi connectivity index (χ1n) is 8.60. The van der Waals surface area contributed by atoms with Crippen LogP contribution >= 0.6 is 11.8 Å². The van der Waals surface area contributed by atoms with Crippen molar-refractivity contribution in [3.63, 3.8) is 0 Å². The van der Waals surface area contributed by atoms with E-state index < -0.39 is 0 Å². The number of ether oxygens (including phenoxy) is 1. The predicted octanol–water partition coefficient (Wildman–Crippen LogP) is 1.56. The Morgan fingerprint density at radius 3 is 2.65 bits per heavy atom. The topological polar surface area (TPSA) is 90.2 Å². The summed E-state index contributed by atoms with van der Waals surface area (Å²) < 4.78 is 6.67. The summed E-state index contributed by atoms with van der Waals surface area (Å²) in [4.78, 5) is 26.0. The Morgan fingerprint density at radius 2 is 1.96 bits per heavy atom. The van der Waals surface area contributed by atoms with Crippen LogP contribution in [0.15, 0.2) is 35.5 Å². The molecule has 1 aromatic carbocycles. The molecule has 1 aliphatic heterocycles. The maximum atomic E-state index is 12.5. The summed E-state index contributed by atoms with van der Waals surface area (Å²) in [5.74, 6) is 0.0325. The van der Waals surface area contributed by atoms with E-state index in [0.29, 0.717) is 37.7 Å². The number of aromatic nitrogens is 4. The third-order valence-corrected chi connectivity index (χ3v) is 5.14. The molecule has 0 spiro atoms. The lowest BCUT2D eigenvalue weighted by molar-refractivity contribution is -0.151. The molecular weight excluding hydrogens is 354 g/mol. The van der Waals surface area contributed by atoms with Crippen LogP contribution in [0.3, 0.4) is 0 Å². The number of piperidine rings is 1. The molecular formula is C17H21N5O3S. The van der Waals surface area contributed by atoms with Gasteiger partial charge < -0.3 is 9.64 Å². The molecule has 0 bridgehead atoms. The van der Waals surface area contributed by atoms with Gasteiger partial charge in [0.1, 0.15) is 0 Å². The summed E-state index contributed by atoms with van der Waals surface area (Å²) in [5.41, 5.74) is 0.850. The highest BCUT2D eigenvalue weighted by molar-refractivity contribution is 7.99. The maximum Gasteiger partial charge on any atom is 0.309 e. The fourth-order valence-electron chi connectivity index (χ4n) is 2.84. The monoisotopic (exact) mass is 375 g/mol. The second kappa shape index (κ2) is 8.79. The minimum Gasteiger partial charge on any atom is -0.466 e. The molecule has 1 aliphatic rings. The molecule has 1 saturated heterocycles. The first-order valence-corrected chi connectivity index (χ1v) is 9.58. The van der Waals surface area contributed by atoms with Crippen LogP contribution in [0, 0.1) is 5.92 Å². The number of esters is 1. The van der Waals surface area contributed by atoms with Gasteiger partial charge in [0.15, 0.2) is 0 Å². The second-order valence-corrected chi connectivity index (χ2v) is 6.85. The number of benzene rings is 1. The Labute approximate surface area is 155 Å². The number of thioether (sulfide) groups is 1. The maximum absolute atomic E-state index is 12.5. The molecule has 1 amide bonds. The molecule has 26 heavy (non-hydrogen) atoms. The highest BCUT2D eigenvalue weighted by atomic mass is 32.2. The van der Waals surface area contributed by atoms with Gasteiger partial charge in [0.25, 0.3) is 0 Å². The van der Waals surface area contributed by atoms with Gasteiger partial charge in [-0.1, -0.05) is 30.0 Å². The summed E-state index contributed by atoms with van der Waals surface area (Å²) in [6.45, 7) is 3.35. The van der Waals surface area contributed by atoms with Gasteiger partial charge in [-0.3, -0.25) is 9.59 Å². The zero-order valence-corrected chi connectivity index (χ0v) is 15.4. The lowest BCUT2D eigenvalue weighted by Gasteiger charge is -2.30. The van der Waals surface area contributed by atoms with Crippen molar-refractivity contribution in [2.75, 3.05) is 25.4 Å². The van der Waals surface area contributed by atoms with Crippen LogP contribution in [-0.4, -0.2) is 62.4 Å². The number of hydrogen-bond acceptors (Lipinski definition) is 7. The van der Waals surface area contributed by atoms with Crippen molar-refractivity contribution in [2.45, 2.75) is 24.9 Å². The van der Waals surface area contributed by atoms with Crippen LogP contribution in [0.1, 0.15) is 19.8 Å². The lowest BCUT2D eigenvalue weighted by Crippen LogP contribution is -2.41. The molecule has 8 nitrogen and oxygen atoms in total. The molecule has 9 heteroatoms. The van der Waals surface area contributed by atoms with E-state index in [0.717, 1.165) is 5.69 Å². The predicted molar refractivity (Wildman–Crippen MR) is 95.8 cm³/mol. The van der Waals surface area contributed by atoms with Gasteiger partial charge >= 0.3 is 5.97 Å². The molecule has 3 rings (SSSR count). The van der Waals surface area contributed by atoms with E-state index in [1.165, 1.54) is 11.8 Å². The van der Waals surface area contributed by atoms with Gasteiger partial charge in [0, 0.05) is 13.1 Å². The van der Waals surface area contributed by atoms with Crippen molar-refractivity contribution in [2.24, 2.45) is 5.92 Å². The molecule has 0 N–H and O–H groups in total. The third kappa shape index (κ3) is 4.40. The second-order valence-electron chi connectivity index (χ2n) is 5.90. The number of tetrazole rings is 1. The van der Waals surface area contributed by atoms with E-state index >= 15 is 0 Å². The normalized spacial score (nSPS) is 15.0. The zero-order chi connectivity index (χ0) is 18.4. The van der Waals surface area contributed by atoms with Crippen LogP contribution in [0.25, 0.3) is 5.69 Å². The SMILES string of the molecule is CCOC(=O)C1CCN(C(=O)CSc2nnnn2-c2ccccc2)CC1. The van der Waals surface area contributed by atoms with Gasteiger partial charge in [0.2, 0.25) is 11.1 Å². The van der Waals surface area contributed by atoms with E-state index in [1.807, 2.05) is 30.3 Å². The molecule has 0 unspecified atom stereocenters. The van der Waals surface area contributed by atoms with Crippen LogP contribution in [0.4, 0.5) is 0 Å². The Morgan fingerprint density at radius 1 is 1.23 bits per heavy atom. The largest absolute Gasteiger partial charge is 0.466 e. The van der Waals surface area contributed by atoms with E-state index in [4.69, 9.17) is 4.74 Å². The van der Waals surface area contributed by atoms with E-state index in [9.17, 15) is 9.59 Å². The van der Waals surface area contributed by atoms with Crippen LogP contribution in [-0.2, 0) is 14.3 Å². The molecule has 0 atom stereocenters. The third-order valence-electron chi connectivity index (χ3n) is 4.23. The molecule has 2 heterocycles. The fourth-order valence-corrected chi connectivity index (χ4v) is 3.64. The number of nitrogens with zero attached hydrogens (tertiary/aromatic N) is 5. The van der Waals surface area contributed by atoms with Crippen LogP contribution in [0.2, 0.25) is 0 Å². The minimum atomic E-state index is -0.156. The molecule has 1 aromatic heterocycles. The van der Waals surface area contributed by atoms with Crippen molar-refractivity contribution in [1.29, 1.82) is 0 Å². The smallest absolute Gasteiger partial charge is 0.309 e. The summed E-state index contributed by atoms with van der Waals surface area (Å²) in [5, 5.41) is 12.3. The van der Waals surface area contributed by atoms with Gasteiger partial charge in [-0.15, -0.1) is 5.10 Å². The number of likely N-dealkylation sites (tertiary alicyclic amines) is 1. The molecule has 0 aliphatic carbocycles. The Balaban J connectivity index is 1.52.